The molecule has 1 aromatic heterocycles. The molecule has 0 spiro atoms. The van der Waals surface area contributed by atoms with Crippen molar-refractivity contribution in [3.63, 3.8) is 0 Å². The number of nitrogens with zero attached hydrogens (tertiary/aromatic N) is 2. The number of amides is 1. The van der Waals surface area contributed by atoms with E-state index in [-0.39, 0.29) is 17.1 Å². The molecule has 8 heteroatoms. The predicted octanol–water partition coefficient (Wildman–Crippen LogP) is 3.41. The van der Waals surface area contributed by atoms with Gasteiger partial charge in [-0.05, 0) is 36.8 Å². The number of fused-ring (bicyclic) bond motifs is 1. The molecule has 6 nitrogen and oxygen atoms in total. The van der Waals surface area contributed by atoms with Crippen molar-refractivity contribution in [3.05, 3.63) is 53.3 Å². The Labute approximate surface area is 168 Å². The van der Waals surface area contributed by atoms with E-state index in [9.17, 15) is 13.2 Å². The Hall–Kier alpha value is -2.45. The molecule has 0 fully saturated rings. The number of hydrogen-bond acceptors (Lipinski definition) is 5. The maximum atomic E-state index is 12.4. The van der Waals surface area contributed by atoms with E-state index >= 15 is 0 Å². The summed E-state index contributed by atoms with van der Waals surface area (Å²) in [6.45, 7) is 2.78. The molecule has 0 N–H and O–H groups in total. The predicted molar refractivity (Wildman–Crippen MR) is 110 cm³/mol. The van der Waals surface area contributed by atoms with E-state index in [2.05, 4.69) is 11.9 Å². The van der Waals surface area contributed by atoms with Crippen LogP contribution in [0.3, 0.4) is 0 Å². The largest absolute Gasteiger partial charge is 0.497 e. The second kappa shape index (κ2) is 8.70. The number of aromatic nitrogens is 1. The minimum absolute atomic E-state index is 0.152. The highest BCUT2D eigenvalue weighted by Gasteiger charge is 2.16. The maximum Gasteiger partial charge on any atom is 0.249 e. The molecule has 3 rings (SSSR count). The van der Waals surface area contributed by atoms with Gasteiger partial charge in [0.15, 0.2) is 14.6 Å². The molecule has 0 radical (unpaired) electrons. The molecule has 0 atom stereocenters. The zero-order valence-corrected chi connectivity index (χ0v) is 17.4. The first-order valence-corrected chi connectivity index (χ1v) is 11.4. The quantitative estimate of drug-likeness (QED) is 0.589. The van der Waals surface area contributed by atoms with Crippen molar-refractivity contribution < 1.29 is 17.9 Å². The van der Waals surface area contributed by atoms with Crippen LogP contribution in [0.2, 0.25) is 0 Å². The second-order valence-electron chi connectivity index (χ2n) is 6.26. The van der Waals surface area contributed by atoms with Crippen LogP contribution in [0, 0.1) is 0 Å². The number of aryl methyl sites for hydroxylation is 1. The Balaban J connectivity index is 1.87. The van der Waals surface area contributed by atoms with Crippen molar-refractivity contribution in [2.75, 3.05) is 12.9 Å². The summed E-state index contributed by atoms with van der Waals surface area (Å²) in [5.74, 6) is 0.0402. The summed E-state index contributed by atoms with van der Waals surface area (Å²) < 4.78 is 32.9. The van der Waals surface area contributed by atoms with E-state index in [1.807, 2.05) is 22.8 Å². The van der Waals surface area contributed by atoms with Gasteiger partial charge in [-0.15, -0.1) is 0 Å². The first-order chi connectivity index (χ1) is 13.4. The smallest absolute Gasteiger partial charge is 0.249 e. The minimum Gasteiger partial charge on any atom is -0.497 e. The van der Waals surface area contributed by atoms with Crippen LogP contribution in [0.15, 0.2) is 58.4 Å². The molecule has 1 amide bonds. The number of rotatable bonds is 7. The highest BCUT2D eigenvalue weighted by atomic mass is 32.2. The lowest BCUT2D eigenvalue weighted by molar-refractivity contribution is -0.117. The van der Waals surface area contributed by atoms with Gasteiger partial charge in [0.2, 0.25) is 5.91 Å². The molecule has 28 heavy (non-hydrogen) atoms. The average Bonchev–Trinajstić information content (AvgIpc) is 3.03. The van der Waals surface area contributed by atoms with E-state index in [4.69, 9.17) is 4.74 Å². The lowest BCUT2D eigenvalue weighted by Gasteiger charge is -2.04. The lowest BCUT2D eigenvalue weighted by atomic mass is 10.3. The van der Waals surface area contributed by atoms with Crippen molar-refractivity contribution in [1.29, 1.82) is 0 Å². The molecule has 3 aromatic rings. The van der Waals surface area contributed by atoms with Crippen LogP contribution in [0.4, 0.5) is 0 Å². The van der Waals surface area contributed by atoms with Gasteiger partial charge in [-0.1, -0.05) is 36.5 Å². The van der Waals surface area contributed by atoms with E-state index in [1.54, 1.807) is 25.3 Å². The molecule has 0 aliphatic carbocycles. The van der Waals surface area contributed by atoms with Crippen molar-refractivity contribution in [2.45, 2.75) is 31.2 Å². The first-order valence-electron chi connectivity index (χ1n) is 8.97. The fraction of sp³-hybridized carbons (Fsp3) is 0.300. The van der Waals surface area contributed by atoms with Gasteiger partial charge in [0.25, 0.3) is 0 Å². The van der Waals surface area contributed by atoms with Crippen LogP contribution in [0.5, 0.6) is 5.75 Å². The summed E-state index contributed by atoms with van der Waals surface area (Å²) in [5, 5.41) is 0. The van der Waals surface area contributed by atoms with Crippen LogP contribution in [-0.2, 0) is 21.2 Å². The van der Waals surface area contributed by atoms with Gasteiger partial charge in [-0.3, -0.25) is 4.79 Å². The third-order valence-electron chi connectivity index (χ3n) is 4.24. The van der Waals surface area contributed by atoms with Gasteiger partial charge in [-0.25, -0.2) is 8.42 Å². The SMILES string of the molecule is CCCn1c(=NC(=O)CCS(=O)(=O)c2ccccc2)sc2cc(OC)ccc21. The maximum absolute atomic E-state index is 12.4. The number of carbonyl (C=O) groups is 1. The highest BCUT2D eigenvalue weighted by molar-refractivity contribution is 7.91. The van der Waals surface area contributed by atoms with E-state index < -0.39 is 15.7 Å². The topological polar surface area (TPSA) is 77.7 Å². The second-order valence-corrected chi connectivity index (χ2v) is 9.38. The number of carbonyl (C=O) groups excluding carboxylic acids is 1. The van der Waals surface area contributed by atoms with Gasteiger partial charge in [0.05, 0.1) is 28.0 Å². The van der Waals surface area contributed by atoms with Crippen molar-refractivity contribution in [3.8, 4) is 5.75 Å². The summed E-state index contributed by atoms with van der Waals surface area (Å²) in [6, 6.07) is 13.9. The number of ether oxygens (including phenoxy) is 1. The van der Waals surface area contributed by atoms with Gasteiger partial charge in [0.1, 0.15) is 5.75 Å². The highest BCUT2D eigenvalue weighted by Crippen LogP contribution is 2.23. The van der Waals surface area contributed by atoms with Gasteiger partial charge >= 0.3 is 0 Å². The fourth-order valence-corrected chi connectivity index (χ4v) is 5.19. The summed E-state index contributed by atoms with van der Waals surface area (Å²) in [7, 11) is -1.89. The van der Waals surface area contributed by atoms with Crippen molar-refractivity contribution in [1.82, 2.24) is 4.57 Å². The third-order valence-corrected chi connectivity index (χ3v) is 7.02. The molecule has 0 unspecified atom stereocenters. The van der Waals surface area contributed by atoms with Crippen LogP contribution < -0.4 is 9.54 Å². The Morgan fingerprint density at radius 3 is 2.61 bits per heavy atom. The molecule has 148 valence electrons. The third kappa shape index (κ3) is 4.51. The van der Waals surface area contributed by atoms with Crippen LogP contribution in [0.1, 0.15) is 19.8 Å². The molecule has 0 bridgehead atoms. The molecular formula is C20H22N2O4S2. The van der Waals surface area contributed by atoms with Crippen molar-refractivity contribution >= 4 is 37.3 Å². The first kappa shape index (κ1) is 20.3. The van der Waals surface area contributed by atoms with Gasteiger partial charge in [0, 0.05) is 13.0 Å². The minimum atomic E-state index is -3.50. The average molecular weight is 419 g/mol. The fourth-order valence-electron chi connectivity index (χ4n) is 2.84. The number of hydrogen-bond donors (Lipinski definition) is 0. The Morgan fingerprint density at radius 2 is 1.93 bits per heavy atom. The van der Waals surface area contributed by atoms with Gasteiger partial charge in [-0.2, -0.15) is 4.99 Å². The molecule has 0 aliphatic heterocycles. The summed E-state index contributed by atoms with van der Waals surface area (Å²) >= 11 is 1.40. The van der Waals surface area contributed by atoms with Crippen LogP contribution >= 0.6 is 11.3 Å². The zero-order chi connectivity index (χ0) is 20.1. The standard InChI is InChI=1S/C20H22N2O4S2/c1-3-12-22-17-10-9-15(26-2)14-18(17)27-20(22)21-19(23)11-13-28(24,25)16-7-5-4-6-8-16/h4-10,14H,3,11-13H2,1-2H3. The Bertz CT molecular complexity index is 1150. The summed E-state index contributed by atoms with van der Waals surface area (Å²) in [6.07, 6.45) is 0.739. The molecule has 0 saturated carbocycles. The number of thiazole rings is 1. The monoisotopic (exact) mass is 418 g/mol. The van der Waals surface area contributed by atoms with Crippen LogP contribution in [0.25, 0.3) is 10.2 Å². The molecular weight excluding hydrogens is 396 g/mol. The number of benzene rings is 2. The van der Waals surface area contributed by atoms with Crippen LogP contribution in [-0.4, -0.2) is 31.8 Å². The zero-order valence-electron chi connectivity index (χ0n) is 15.8. The molecule has 0 aliphatic rings. The van der Waals surface area contributed by atoms with Gasteiger partial charge < -0.3 is 9.30 Å². The van der Waals surface area contributed by atoms with E-state index in [1.165, 1.54) is 23.5 Å². The number of methoxy groups -OCH3 is 1. The molecule has 1 heterocycles. The number of sulfone groups is 1. The Kier molecular flexibility index (Phi) is 6.31. The van der Waals surface area contributed by atoms with Crippen molar-refractivity contribution in [2.24, 2.45) is 4.99 Å². The summed E-state index contributed by atoms with van der Waals surface area (Å²) in [5.41, 5.74) is 0.983. The summed E-state index contributed by atoms with van der Waals surface area (Å²) in [4.78, 5) is 17.4. The van der Waals surface area contributed by atoms with E-state index in [0.717, 1.165) is 28.9 Å². The molecule has 2 aromatic carbocycles. The normalized spacial score (nSPS) is 12.4. The lowest BCUT2D eigenvalue weighted by Crippen LogP contribution is -2.18. The molecule has 0 saturated heterocycles. The Morgan fingerprint density at radius 1 is 1.18 bits per heavy atom. The van der Waals surface area contributed by atoms with E-state index in [0.29, 0.717) is 4.80 Å².